The molecule has 0 spiro atoms. The number of aromatic hydroxyl groups is 1. The second kappa shape index (κ2) is 14.3. The number of carbonyl (C=O) groups excluding carboxylic acids is 3. The minimum atomic E-state index is -1.55. The molecule has 15 heteroatoms. The van der Waals surface area contributed by atoms with Crippen molar-refractivity contribution in [2.75, 3.05) is 6.61 Å². The Morgan fingerprint density at radius 3 is 2.05 bits per heavy atom. The molecule has 0 aliphatic heterocycles. The number of hydrogen-bond donors (Lipinski definition) is 9. The number of benzene rings is 1. The molecule has 4 unspecified atom stereocenters. The molecule has 1 heterocycles. The minimum absolute atomic E-state index is 0.0482. The fourth-order valence-corrected chi connectivity index (χ4v) is 3.35. The number of nitrogens with two attached hydrogens (primary N) is 1. The number of aliphatic carboxylic acids is 2. The predicted molar refractivity (Wildman–Crippen MR) is 129 cm³/mol. The van der Waals surface area contributed by atoms with Crippen molar-refractivity contribution in [3.8, 4) is 5.75 Å². The first kappa shape index (κ1) is 29.7. The van der Waals surface area contributed by atoms with Crippen LogP contribution in [0.1, 0.15) is 24.1 Å². The van der Waals surface area contributed by atoms with Crippen LogP contribution in [0.5, 0.6) is 5.75 Å². The minimum Gasteiger partial charge on any atom is -0.508 e. The summed E-state index contributed by atoms with van der Waals surface area (Å²) in [6.07, 6.45) is 1.86. The van der Waals surface area contributed by atoms with Crippen molar-refractivity contribution in [2.24, 2.45) is 5.73 Å². The third kappa shape index (κ3) is 9.51. The number of aliphatic hydroxyl groups excluding tert-OH is 1. The molecule has 0 radical (unpaired) electrons. The molecule has 1 aromatic heterocycles. The molecule has 2 aromatic rings. The van der Waals surface area contributed by atoms with Crippen LogP contribution < -0.4 is 21.7 Å². The molecular weight excluding hydrogens is 504 g/mol. The van der Waals surface area contributed by atoms with Crippen LogP contribution in [-0.2, 0) is 36.8 Å². The van der Waals surface area contributed by atoms with Gasteiger partial charge in [0.1, 0.15) is 23.9 Å². The van der Waals surface area contributed by atoms with E-state index in [9.17, 15) is 39.3 Å². The van der Waals surface area contributed by atoms with Gasteiger partial charge in [-0.1, -0.05) is 12.1 Å². The van der Waals surface area contributed by atoms with E-state index in [1.54, 1.807) is 0 Å². The first-order valence-corrected chi connectivity index (χ1v) is 11.5. The van der Waals surface area contributed by atoms with E-state index in [4.69, 9.17) is 10.8 Å². The molecule has 0 bridgehead atoms. The van der Waals surface area contributed by atoms with Crippen LogP contribution in [0.15, 0.2) is 36.8 Å². The number of aromatic amines is 1. The second-order valence-corrected chi connectivity index (χ2v) is 8.39. The first-order valence-electron chi connectivity index (χ1n) is 11.5. The van der Waals surface area contributed by atoms with E-state index in [1.165, 1.54) is 36.8 Å². The molecule has 0 aliphatic rings. The Bertz CT molecular complexity index is 1110. The number of H-pyrrole nitrogens is 1. The lowest BCUT2D eigenvalue weighted by molar-refractivity contribution is -0.143. The van der Waals surface area contributed by atoms with Crippen molar-refractivity contribution in [2.45, 2.75) is 49.9 Å². The molecule has 10 N–H and O–H groups in total. The van der Waals surface area contributed by atoms with Crippen molar-refractivity contribution >= 4 is 29.7 Å². The maximum absolute atomic E-state index is 13.0. The zero-order valence-electron chi connectivity index (χ0n) is 20.2. The summed E-state index contributed by atoms with van der Waals surface area (Å²) in [4.78, 5) is 67.3. The van der Waals surface area contributed by atoms with E-state index in [1.807, 2.05) is 0 Å². The van der Waals surface area contributed by atoms with Gasteiger partial charge >= 0.3 is 11.9 Å². The van der Waals surface area contributed by atoms with E-state index in [2.05, 4.69) is 25.9 Å². The molecule has 206 valence electrons. The summed E-state index contributed by atoms with van der Waals surface area (Å²) in [5.74, 6) is -5.43. The number of imidazole rings is 1. The normalized spacial score (nSPS) is 13.9. The van der Waals surface area contributed by atoms with Gasteiger partial charge in [-0.3, -0.25) is 19.2 Å². The van der Waals surface area contributed by atoms with Crippen molar-refractivity contribution in [1.82, 2.24) is 25.9 Å². The van der Waals surface area contributed by atoms with Crippen LogP contribution in [0.3, 0.4) is 0 Å². The molecular formula is C23H30N6O9. The fraction of sp³-hybridized carbons (Fsp3) is 0.391. The summed E-state index contributed by atoms with van der Waals surface area (Å²) in [7, 11) is 0. The molecule has 4 atom stereocenters. The number of carboxylic acids is 2. The van der Waals surface area contributed by atoms with Gasteiger partial charge in [-0.05, 0) is 24.1 Å². The van der Waals surface area contributed by atoms with Gasteiger partial charge in [0.2, 0.25) is 17.7 Å². The molecule has 0 aliphatic carbocycles. The SMILES string of the molecule is NC(Cc1cnc[nH]1)C(=O)NC(CO)C(=O)NC(Cc1ccc(O)cc1)C(=O)NC(CCC(=O)O)C(=O)O. The van der Waals surface area contributed by atoms with Crippen molar-refractivity contribution in [1.29, 1.82) is 0 Å². The Morgan fingerprint density at radius 2 is 1.50 bits per heavy atom. The molecule has 1 aromatic carbocycles. The number of nitrogens with zero attached hydrogens (tertiary/aromatic N) is 1. The quantitative estimate of drug-likeness (QED) is 0.117. The van der Waals surface area contributed by atoms with E-state index >= 15 is 0 Å². The number of aliphatic hydroxyl groups is 1. The first-order chi connectivity index (χ1) is 18.0. The summed E-state index contributed by atoms with van der Waals surface area (Å²) < 4.78 is 0. The highest BCUT2D eigenvalue weighted by atomic mass is 16.4. The third-order valence-electron chi connectivity index (χ3n) is 5.42. The maximum Gasteiger partial charge on any atom is 0.326 e. The van der Waals surface area contributed by atoms with Crippen LogP contribution in [0.25, 0.3) is 0 Å². The monoisotopic (exact) mass is 534 g/mol. The van der Waals surface area contributed by atoms with Crippen molar-refractivity contribution < 1.29 is 44.4 Å². The number of amides is 3. The van der Waals surface area contributed by atoms with E-state index in [0.29, 0.717) is 11.3 Å². The number of phenols is 1. The fourth-order valence-electron chi connectivity index (χ4n) is 3.35. The lowest BCUT2D eigenvalue weighted by atomic mass is 10.0. The van der Waals surface area contributed by atoms with Gasteiger partial charge in [0, 0.05) is 31.2 Å². The number of carboxylic acid groups (broad SMARTS) is 2. The lowest BCUT2D eigenvalue weighted by Crippen LogP contribution is -2.58. The Balaban J connectivity index is 2.14. The average molecular weight is 535 g/mol. The van der Waals surface area contributed by atoms with Gasteiger partial charge in [-0.15, -0.1) is 0 Å². The van der Waals surface area contributed by atoms with E-state index < -0.39 is 73.3 Å². The Kier molecular flexibility index (Phi) is 11.2. The Labute approximate surface area is 216 Å². The summed E-state index contributed by atoms with van der Waals surface area (Å²) in [5, 5.41) is 44.3. The second-order valence-electron chi connectivity index (χ2n) is 8.39. The molecule has 0 saturated heterocycles. The Morgan fingerprint density at radius 1 is 0.895 bits per heavy atom. The number of nitrogens with one attached hydrogen (secondary N) is 4. The predicted octanol–water partition coefficient (Wildman–Crippen LogP) is -2.38. The highest BCUT2D eigenvalue weighted by Crippen LogP contribution is 2.12. The molecule has 0 fully saturated rings. The van der Waals surface area contributed by atoms with Crippen LogP contribution in [0.2, 0.25) is 0 Å². The summed E-state index contributed by atoms with van der Waals surface area (Å²) in [6.45, 7) is -0.835. The van der Waals surface area contributed by atoms with Crippen LogP contribution >= 0.6 is 0 Å². The van der Waals surface area contributed by atoms with Gasteiger partial charge in [-0.2, -0.15) is 0 Å². The largest absolute Gasteiger partial charge is 0.508 e. The highest BCUT2D eigenvalue weighted by Gasteiger charge is 2.30. The van der Waals surface area contributed by atoms with Gasteiger partial charge in [0.05, 0.1) is 19.0 Å². The van der Waals surface area contributed by atoms with Gasteiger partial charge in [-0.25, -0.2) is 9.78 Å². The van der Waals surface area contributed by atoms with E-state index in [-0.39, 0.29) is 18.6 Å². The number of carbonyl (C=O) groups is 5. The standard InChI is InChI=1S/C23H30N6O9/c24-15(8-13-9-25-11-26-13)20(34)29-18(10-30)22(36)28-17(7-12-1-3-14(31)4-2-12)21(35)27-16(23(37)38)5-6-19(32)33/h1-4,9,11,15-18,30-31H,5-8,10,24H2,(H,25,26)(H,27,35)(H,28,36)(H,29,34)(H,32,33)(H,37,38). The van der Waals surface area contributed by atoms with Gasteiger partial charge in [0.15, 0.2) is 0 Å². The van der Waals surface area contributed by atoms with Crippen LogP contribution in [0, 0.1) is 0 Å². The van der Waals surface area contributed by atoms with Gasteiger partial charge in [0.25, 0.3) is 0 Å². The number of aromatic nitrogens is 2. The number of hydrogen-bond acceptors (Lipinski definition) is 9. The number of phenolic OH excluding ortho intramolecular Hbond substituents is 1. The highest BCUT2D eigenvalue weighted by molar-refractivity contribution is 5.94. The molecule has 15 nitrogen and oxygen atoms in total. The summed E-state index contributed by atoms with van der Waals surface area (Å²) in [5.41, 5.74) is 6.90. The molecule has 3 amide bonds. The van der Waals surface area contributed by atoms with Crippen LogP contribution in [-0.4, -0.2) is 90.8 Å². The Hall–Kier alpha value is -4.50. The zero-order chi connectivity index (χ0) is 28.2. The average Bonchev–Trinajstić information content (AvgIpc) is 3.38. The zero-order valence-corrected chi connectivity index (χ0v) is 20.2. The lowest BCUT2D eigenvalue weighted by Gasteiger charge is -2.24. The van der Waals surface area contributed by atoms with E-state index in [0.717, 1.165) is 0 Å². The van der Waals surface area contributed by atoms with Crippen LogP contribution in [0.4, 0.5) is 0 Å². The van der Waals surface area contributed by atoms with Crippen molar-refractivity contribution in [3.63, 3.8) is 0 Å². The smallest absolute Gasteiger partial charge is 0.326 e. The van der Waals surface area contributed by atoms with Gasteiger partial charge < -0.3 is 47.1 Å². The van der Waals surface area contributed by atoms with Crippen molar-refractivity contribution in [3.05, 3.63) is 48.0 Å². The topological polar surface area (TPSA) is 257 Å². The summed E-state index contributed by atoms with van der Waals surface area (Å²) in [6, 6.07) is 0.122. The third-order valence-corrected chi connectivity index (χ3v) is 5.42. The molecule has 2 rings (SSSR count). The summed E-state index contributed by atoms with van der Waals surface area (Å²) >= 11 is 0. The maximum atomic E-state index is 13.0. The number of rotatable bonds is 15. The molecule has 0 saturated carbocycles. The molecule has 38 heavy (non-hydrogen) atoms.